The van der Waals surface area contributed by atoms with Gasteiger partial charge in [0.2, 0.25) is 11.7 Å². The Hall–Kier alpha value is -1.79. The lowest BCUT2D eigenvalue weighted by molar-refractivity contribution is -0.145. The molecule has 1 aromatic heterocycles. The average Bonchev–Trinajstić information content (AvgIpc) is 2.36. The van der Waals surface area contributed by atoms with E-state index < -0.39 is 12.0 Å². The van der Waals surface area contributed by atoms with Crippen molar-refractivity contribution in [2.24, 2.45) is 11.8 Å². The lowest BCUT2D eigenvalue weighted by Gasteiger charge is -2.24. The van der Waals surface area contributed by atoms with Gasteiger partial charge in [0.15, 0.2) is 0 Å². The van der Waals surface area contributed by atoms with Crippen LogP contribution < -0.4 is 10.5 Å². The Kier molecular flexibility index (Phi) is 4.15. The van der Waals surface area contributed by atoms with Crippen LogP contribution in [0.5, 0.6) is 5.88 Å². The first-order valence-corrected chi connectivity index (χ1v) is 6.36. The van der Waals surface area contributed by atoms with Crippen molar-refractivity contribution in [3.8, 4) is 5.88 Å². The maximum Gasteiger partial charge on any atom is 0.451 e. The zero-order valence-corrected chi connectivity index (χ0v) is 11.0. The van der Waals surface area contributed by atoms with E-state index in [1.54, 1.807) is 0 Å². The molecule has 2 N–H and O–H groups in total. The highest BCUT2D eigenvalue weighted by Gasteiger charge is 2.35. The van der Waals surface area contributed by atoms with Gasteiger partial charge in [0, 0.05) is 6.07 Å². The first kappa shape index (κ1) is 14.6. The van der Waals surface area contributed by atoms with E-state index in [0.29, 0.717) is 12.5 Å². The van der Waals surface area contributed by atoms with Crippen molar-refractivity contribution in [3.05, 3.63) is 24.0 Å². The van der Waals surface area contributed by atoms with Crippen molar-refractivity contribution in [1.29, 1.82) is 0 Å². The van der Waals surface area contributed by atoms with Crippen LogP contribution in [0, 0.1) is 11.8 Å². The van der Waals surface area contributed by atoms with E-state index in [9.17, 15) is 13.2 Å². The quantitative estimate of drug-likeness (QED) is 0.868. The Morgan fingerprint density at radius 3 is 2.65 bits per heavy atom. The molecule has 110 valence electrons. The minimum atomic E-state index is -4.63. The van der Waals surface area contributed by atoms with Gasteiger partial charge in [0.05, 0.1) is 6.61 Å². The topological polar surface area (TPSA) is 61.0 Å². The lowest BCUT2D eigenvalue weighted by atomic mass is 9.85. The molecule has 1 aromatic rings. The summed E-state index contributed by atoms with van der Waals surface area (Å²) in [4.78, 5) is 6.52. The second-order valence-corrected chi connectivity index (χ2v) is 4.94. The third-order valence-electron chi connectivity index (χ3n) is 3.34. The molecule has 1 aliphatic rings. The van der Waals surface area contributed by atoms with Gasteiger partial charge in [0.25, 0.3) is 0 Å². The van der Waals surface area contributed by atoms with Crippen LogP contribution in [0.2, 0.25) is 0 Å². The summed E-state index contributed by atoms with van der Waals surface area (Å²) in [6.45, 7) is 2.41. The van der Waals surface area contributed by atoms with Crippen molar-refractivity contribution < 1.29 is 17.9 Å². The summed E-state index contributed by atoms with van der Waals surface area (Å²) in [5, 5.41) is 0. The maximum absolute atomic E-state index is 12.6. The van der Waals surface area contributed by atoms with E-state index >= 15 is 0 Å². The zero-order valence-electron chi connectivity index (χ0n) is 11.0. The SMILES string of the molecule is CC1CC=CCC1COc1cc(N)nc(C(F)(F)F)n1. The van der Waals surface area contributed by atoms with Crippen LogP contribution >= 0.6 is 0 Å². The number of rotatable bonds is 3. The molecule has 0 fully saturated rings. The van der Waals surface area contributed by atoms with Gasteiger partial charge < -0.3 is 10.5 Å². The van der Waals surface area contributed by atoms with Crippen molar-refractivity contribution >= 4 is 5.82 Å². The highest BCUT2D eigenvalue weighted by molar-refractivity contribution is 5.33. The normalized spacial score (nSPS) is 22.8. The maximum atomic E-state index is 12.6. The molecular weight excluding hydrogens is 271 g/mol. The molecule has 0 spiro atoms. The molecule has 0 bridgehead atoms. The molecule has 20 heavy (non-hydrogen) atoms. The van der Waals surface area contributed by atoms with Gasteiger partial charge in [-0.2, -0.15) is 18.2 Å². The minimum absolute atomic E-state index is 0.133. The Morgan fingerprint density at radius 1 is 1.30 bits per heavy atom. The lowest BCUT2D eigenvalue weighted by Crippen LogP contribution is -2.22. The number of anilines is 1. The van der Waals surface area contributed by atoms with Crippen molar-refractivity contribution in [2.45, 2.75) is 25.9 Å². The van der Waals surface area contributed by atoms with Crippen LogP contribution in [0.3, 0.4) is 0 Å². The second kappa shape index (κ2) is 5.68. The first-order chi connectivity index (χ1) is 9.36. The molecule has 4 nitrogen and oxygen atoms in total. The molecule has 0 aliphatic heterocycles. The number of alkyl halides is 3. The van der Waals surface area contributed by atoms with Gasteiger partial charge in [-0.25, -0.2) is 4.98 Å². The summed E-state index contributed by atoms with van der Waals surface area (Å²) < 4.78 is 43.0. The number of ether oxygens (including phenoxy) is 1. The largest absolute Gasteiger partial charge is 0.477 e. The third-order valence-corrected chi connectivity index (χ3v) is 3.34. The summed E-state index contributed by atoms with van der Waals surface area (Å²) in [5.41, 5.74) is 5.35. The number of nitrogens with zero attached hydrogens (tertiary/aromatic N) is 2. The standard InChI is InChI=1S/C13H16F3N3O/c1-8-4-2-3-5-9(8)7-20-11-6-10(17)18-12(19-11)13(14,15)16/h2-3,6,8-9H,4-5,7H2,1H3,(H2,17,18,19). The highest BCUT2D eigenvalue weighted by Crippen LogP contribution is 2.29. The van der Waals surface area contributed by atoms with E-state index in [2.05, 4.69) is 29.0 Å². The Labute approximate surface area is 114 Å². The minimum Gasteiger partial charge on any atom is -0.477 e. The van der Waals surface area contributed by atoms with Crippen LogP contribution in [0.4, 0.5) is 19.0 Å². The summed E-state index contributed by atoms with van der Waals surface area (Å²) in [7, 11) is 0. The molecule has 0 amide bonds. The molecule has 0 saturated carbocycles. The number of hydrogen-bond donors (Lipinski definition) is 1. The number of nitrogen functional groups attached to an aromatic ring is 1. The van der Waals surface area contributed by atoms with Crippen molar-refractivity contribution in [1.82, 2.24) is 9.97 Å². The first-order valence-electron chi connectivity index (χ1n) is 6.36. The monoisotopic (exact) mass is 287 g/mol. The second-order valence-electron chi connectivity index (χ2n) is 4.94. The molecule has 7 heteroatoms. The van der Waals surface area contributed by atoms with E-state index in [1.807, 2.05) is 0 Å². The predicted octanol–water partition coefficient (Wildman–Crippen LogP) is 3.06. The number of aromatic nitrogens is 2. The summed E-state index contributed by atoms with van der Waals surface area (Å²) in [6, 6.07) is 1.21. The van der Waals surface area contributed by atoms with E-state index in [4.69, 9.17) is 10.5 Å². The number of hydrogen-bond acceptors (Lipinski definition) is 4. The zero-order chi connectivity index (χ0) is 14.8. The average molecular weight is 287 g/mol. The molecule has 1 heterocycles. The fourth-order valence-corrected chi connectivity index (χ4v) is 2.07. The van der Waals surface area contributed by atoms with Gasteiger partial charge in [0.1, 0.15) is 5.82 Å². The Bertz CT molecular complexity index is 502. The van der Waals surface area contributed by atoms with Crippen LogP contribution in [0.25, 0.3) is 0 Å². The van der Waals surface area contributed by atoms with Crippen molar-refractivity contribution in [2.75, 3.05) is 12.3 Å². The molecule has 2 rings (SSSR count). The van der Waals surface area contributed by atoms with Crippen LogP contribution in [-0.4, -0.2) is 16.6 Å². The van der Waals surface area contributed by atoms with Gasteiger partial charge in [-0.3, -0.25) is 0 Å². The number of nitrogens with two attached hydrogens (primary N) is 1. The summed E-state index contributed by atoms with van der Waals surface area (Å²) >= 11 is 0. The summed E-state index contributed by atoms with van der Waals surface area (Å²) in [6.07, 6.45) is 1.34. The molecule has 1 aliphatic carbocycles. The van der Waals surface area contributed by atoms with Crippen LogP contribution in [0.15, 0.2) is 18.2 Å². The highest BCUT2D eigenvalue weighted by atomic mass is 19.4. The van der Waals surface area contributed by atoms with E-state index in [1.165, 1.54) is 6.07 Å². The van der Waals surface area contributed by atoms with Crippen LogP contribution in [-0.2, 0) is 6.18 Å². The van der Waals surface area contributed by atoms with E-state index in [0.717, 1.165) is 12.8 Å². The fraction of sp³-hybridized carbons (Fsp3) is 0.538. The molecular formula is C13H16F3N3O. The number of allylic oxidation sites excluding steroid dienone is 2. The summed E-state index contributed by atoms with van der Waals surface area (Å²) in [5.74, 6) is -0.957. The predicted molar refractivity (Wildman–Crippen MR) is 68.0 cm³/mol. The molecule has 0 saturated heterocycles. The molecule has 2 atom stereocenters. The number of halogens is 3. The van der Waals surface area contributed by atoms with Crippen molar-refractivity contribution in [3.63, 3.8) is 0 Å². The van der Waals surface area contributed by atoms with Crippen LogP contribution in [0.1, 0.15) is 25.6 Å². The Morgan fingerprint density at radius 2 is 2.00 bits per heavy atom. The van der Waals surface area contributed by atoms with E-state index in [-0.39, 0.29) is 17.6 Å². The molecule has 0 radical (unpaired) electrons. The molecule has 0 aromatic carbocycles. The Balaban J connectivity index is 2.06. The fourth-order valence-electron chi connectivity index (χ4n) is 2.07. The molecule has 2 unspecified atom stereocenters. The van der Waals surface area contributed by atoms with Gasteiger partial charge >= 0.3 is 6.18 Å². The smallest absolute Gasteiger partial charge is 0.451 e. The van der Waals surface area contributed by atoms with Gasteiger partial charge in [-0.15, -0.1) is 0 Å². The van der Waals surface area contributed by atoms with Gasteiger partial charge in [-0.05, 0) is 24.7 Å². The third kappa shape index (κ3) is 3.61. The van der Waals surface area contributed by atoms with Gasteiger partial charge in [-0.1, -0.05) is 19.1 Å².